The highest BCUT2D eigenvalue weighted by molar-refractivity contribution is 6.01. The molecule has 3 aromatic carbocycles. The maximum atomic E-state index is 14.6. The first-order valence-electron chi connectivity index (χ1n) is 24.7. The van der Waals surface area contributed by atoms with Crippen molar-refractivity contribution in [2.24, 2.45) is 10.8 Å². The average Bonchev–Trinajstić information content (AvgIpc) is 3.97. The Morgan fingerprint density at radius 3 is 1.20 bits per heavy atom. The second-order valence-electron chi connectivity index (χ2n) is 21.4. The van der Waals surface area contributed by atoms with Crippen LogP contribution >= 0.6 is 24.8 Å². The van der Waals surface area contributed by atoms with E-state index in [1.54, 1.807) is 70.0 Å². The van der Waals surface area contributed by atoms with Gasteiger partial charge in [0, 0.05) is 63.5 Å². The van der Waals surface area contributed by atoms with Crippen molar-refractivity contribution in [2.75, 3.05) is 41.3 Å². The lowest BCUT2D eigenvalue weighted by molar-refractivity contribution is -0.147. The maximum Gasteiger partial charge on any atom is 0.251 e. The summed E-state index contributed by atoms with van der Waals surface area (Å²) in [6.45, 7) is 14.9. The van der Waals surface area contributed by atoms with E-state index in [0.29, 0.717) is 0 Å². The lowest BCUT2D eigenvalue weighted by Gasteiger charge is -2.36. The van der Waals surface area contributed by atoms with E-state index in [4.69, 9.17) is 0 Å². The molecule has 0 aliphatic carbocycles. The molecule has 8 amide bonds. The Kier molecular flexibility index (Phi) is 22.6. The minimum Gasteiger partial charge on any atom is -0.347 e. The van der Waals surface area contributed by atoms with Gasteiger partial charge in [0.15, 0.2) is 0 Å². The average molecular weight is 1070 g/mol. The molecule has 3 aromatic rings. The highest BCUT2D eigenvalue weighted by Crippen LogP contribution is 2.30. The van der Waals surface area contributed by atoms with Crippen LogP contribution in [0, 0.1) is 10.8 Å². The number of likely N-dealkylation sites (tertiary alicyclic amines) is 2. The van der Waals surface area contributed by atoms with Gasteiger partial charge in [-0.15, -0.1) is 24.8 Å². The molecule has 2 heterocycles. The van der Waals surface area contributed by atoms with Crippen LogP contribution in [0.3, 0.4) is 0 Å². The van der Waals surface area contributed by atoms with Crippen LogP contribution in [-0.2, 0) is 41.9 Å². The zero-order chi connectivity index (χ0) is 53.2. The molecular weight excluding hydrogens is 988 g/mol. The van der Waals surface area contributed by atoms with Crippen LogP contribution in [0.1, 0.15) is 100 Å². The van der Waals surface area contributed by atoms with Crippen molar-refractivity contribution in [3.05, 3.63) is 107 Å². The van der Waals surface area contributed by atoms with Crippen molar-refractivity contribution in [1.29, 1.82) is 0 Å². The Morgan fingerprint density at radius 1 is 0.554 bits per heavy atom. The van der Waals surface area contributed by atoms with Gasteiger partial charge in [0.05, 0.1) is 12.1 Å². The van der Waals surface area contributed by atoms with Gasteiger partial charge in [-0.05, 0) is 80.9 Å². The van der Waals surface area contributed by atoms with E-state index >= 15 is 0 Å². The summed E-state index contributed by atoms with van der Waals surface area (Å²) in [5.41, 5.74) is 0.598. The van der Waals surface area contributed by atoms with E-state index in [1.807, 2.05) is 102 Å². The highest BCUT2D eigenvalue weighted by Gasteiger charge is 2.48. The first-order chi connectivity index (χ1) is 33.8. The number of benzene rings is 3. The summed E-state index contributed by atoms with van der Waals surface area (Å²) in [7, 11) is 6.61. The normalized spacial score (nSPS) is 19.0. The topological polar surface area (TPSA) is 222 Å². The number of nitrogens with one attached hydrogen (secondary N) is 6. The van der Waals surface area contributed by atoms with Gasteiger partial charge in [-0.2, -0.15) is 0 Å². The first kappa shape index (κ1) is 62.2. The summed E-state index contributed by atoms with van der Waals surface area (Å²) < 4.78 is 0. The number of nitrogens with zero attached hydrogens (tertiary/aromatic N) is 4. The third-order valence-electron chi connectivity index (χ3n) is 13.5. The molecule has 5 rings (SSSR count). The van der Waals surface area contributed by atoms with Crippen LogP contribution < -0.4 is 31.9 Å². The molecule has 0 aromatic heterocycles. The van der Waals surface area contributed by atoms with E-state index in [1.165, 1.54) is 15.9 Å². The van der Waals surface area contributed by atoms with E-state index in [9.17, 15) is 38.4 Å². The molecule has 8 atom stereocenters. The van der Waals surface area contributed by atoms with E-state index in [0.717, 1.165) is 11.1 Å². The fraction of sp³-hybridized carbons (Fsp3) is 0.519. The molecule has 406 valence electrons. The van der Waals surface area contributed by atoms with Crippen molar-refractivity contribution >= 4 is 72.1 Å². The molecular formula is C54H78Cl2N10O8. The van der Waals surface area contributed by atoms with Gasteiger partial charge in [-0.25, -0.2) is 0 Å². The van der Waals surface area contributed by atoms with Gasteiger partial charge in [0.1, 0.15) is 24.2 Å². The van der Waals surface area contributed by atoms with Crippen molar-refractivity contribution in [3.63, 3.8) is 0 Å². The van der Waals surface area contributed by atoms with Crippen molar-refractivity contribution in [2.45, 2.75) is 130 Å². The maximum absolute atomic E-state index is 14.6. The van der Waals surface area contributed by atoms with Crippen LogP contribution in [0.15, 0.2) is 84.9 Å². The van der Waals surface area contributed by atoms with E-state index in [2.05, 4.69) is 31.9 Å². The van der Waals surface area contributed by atoms with E-state index in [-0.39, 0.29) is 98.6 Å². The number of rotatable bonds is 18. The lowest BCUT2D eigenvalue weighted by atomic mass is 9.85. The molecule has 0 unspecified atom stereocenters. The summed E-state index contributed by atoms with van der Waals surface area (Å²) >= 11 is 0. The van der Waals surface area contributed by atoms with Gasteiger partial charge in [-0.3, -0.25) is 38.4 Å². The summed E-state index contributed by atoms with van der Waals surface area (Å²) in [5.74, 6) is -3.40. The summed E-state index contributed by atoms with van der Waals surface area (Å²) in [4.78, 5) is 118. The fourth-order valence-electron chi connectivity index (χ4n) is 8.98. The third kappa shape index (κ3) is 16.0. The SMILES string of the molecule is CN[C@@H](C)C(=O)N[C@H](C(=O)N1C[C@@H](NC(=O)c2cccc(C(=O)N[C@H]3C[C@@H](C(=O)N(C)Cc4ccccc4)N(C(=O)[C@@H](NC(=O)[C@H](C)NC)C(C)(C)C)C3)c2)C[C@H]1C(=O)N(C)Cc1ccccc1)C(C)(C)C.Cl.Cl. The molecule has 0 saturated carbocycles. The van der Waals surface area contributed by atoms with Crippen LogP contribution in [0.25, 0.3) is 0 Å². The number of carbonyl (C=O) groups excluding carboxylic acids is 8. The Hall–Kier alpha value is -6.08. The Balaban J connectivity index is 0.00000722. The smallest absolute Gasteiger partial charge is 0.251 e. The molecule has 2 fully saturated rings. The summed E-state index contributed by atoms with van der Waals surface area (Å²) in [5, 5.41) is 17.6. The van der Waals surface area contributed by atoms with Gasteiger partial charge in [-0.1, -0.05) is 108 Å². The molecule has 18 nitrogen and oxygen atoms in total. The minimum atomic E-state index is -0.998. The van der Waals surface area contributed by atoms with Crippen LogP contribution in [-0.4, -0.2) is 156 Å². The first-order valence-corrected chi connectivity index (χ1v) is 24.7. The standard InChI is InChI=1S/C54H76N10O8.2ClH/c1-33(55-9)45(65)59-43(53(3,4)5)51(71)63-31-39(27-41(63)49(69)61(11)29-35-20-15-13-16-21-35)57-47(67)37-24-19-25-38(26-37)48(68)58-40-28-42(50(70)62(12)30-36-22-17-14-18-23-36)64(32-40)52(72)44(54(6,7)8)60-46(66)34(2)56-10;;/h13-26,33-34,39-44,55-56H,27-32H2,1-12H3,(H,57,67)(H,58,68)(H,59,65)(H,60,66);2*1H/t33-,34-,39-,40-,41-,42-,43+,44+;;/m0../s1. The zero-order valence-electron chi connectivity index (χ0n) is 44.8. The fourth-order valence-corrected chi connectivity index (χ4v) is 8.98. The molecule has 74 heavy (non-hydrogen) atoms. The largest absolute Gasteiger partial charge is 0.347 e. The van der Waals surface area contributed by atoms with Crippen LogP contribution in [0.2, 0.25) is 0 Å². The second kappa shape index (κ2) is 26.9. The molecule has 2 saturated heterocycles. The van der Waals surface area contributed by atoms with Crippen molar-refractivity contribution in [1.82, 2.24) is 51.5 Å². The lowest BCUT2D eigenvalue weighted by Crippen LogP contribution is -2.59. The van der Waals surface area contributed by atoms with Crippen molar-refractivity contribution in [3.8, 4) is 0 Å². The predicted octanol–water partition coefficient (Wildman–Crippen LogP) is 3.52. The number of halogens is 2. The van der Waals surface area contributed by atoms with Crippen molar-refractivity contribution < 1.29 is 38.4 Å². The van der Waals surface area contributed by atoms with Crippen LogP contribution in [0.5, 0.6) is 0 Å². The second-order valence-corrected chi connectivity index (χ2v) is 21.4. The van der Waals surface area contributed by atoms with Gasteiger partial charge >= 0.3 is 0 Å². The molecule has 0 spiro atoms. The summed E-state index contributed by atoms with van der Waals surface area (Å²) in [6.07, 6.45) is 0.192. The number of carbonyl (C=O) groups is 8. The third-order valence-corrected chi connectivity index (χ3v) is 13.5. The number of amides is 8. The Labute approximate surface area is 449 Å². The molecule has 2 aliphatic rings. The molecule has 2 aliphatic heterocycles. The minimum absolute atomic E-state index is 0. The van der Waals surface area contributed by atoms with Gasteiger partial charge in [0.2, 0.25) is 35.4 Å². The van der Waals surface area contributed by atoms with E-state index < -0.39 is 82.8 Å². The Morgan fingerprint density at radius 2 is 0.892 bits per heavy atom. The quantitative estimate of drug-likeness (QED) is 0.109. The van der Waals surface area contributed by atoms with Gasteiger partial charge in [0.25, 0.3) is 11.8 Å². The zero-order valence-corrected chi connectivity index (χ0v) is 46.4. The van der Waals surface area contributed by atoms with Gasteiger partial charge < -0.3 is 51.5 Å². The number of hydrogen-bond donors (Lipinski definition) is 6. The number of likely N-dealkylation sites (N-methyl/N-ethyl adjacent to an activating group) is 4. The predicted molar refractivity (Wildman–Crippen MR) is 289 cm³/mol. The monoisotopic (exact) mass is 1060 g/mol. The molecule has 0 bridgehead atoms. The molecule has 20 heteroatoms. The molecule has 6 N–H and O–H groups in total. The summed E-state index contributed by atoms with van der Waals surface area (Å²) in [6, 6.07) is 18.6. The Bertz CT molecular complexity index is 2270. The number of hydrogen-bond acceptors (Lipinski definition) is 10. The molecule has 0 radical (unpaired) electrons. The highest BCUT2D eigenvalue weighted by atomic mass is 35.5. The van der Waals surface area contributed by atoms with Crippen LogP contribution in [0.4, 0.5) is 0 Å².